The van der Waals surface area contributed by atoms with Gasteiger partial charge in [0.25, 0.3) is 5.56 Å². The quantitative estimate of drug-likeness (QED) is 0.344. The number of hydrogen-bond acceptors (Lipinski definition) is 5. The normalized spacial score (nSPS) is 14.9. The van der Waals surface area contributed by atoms with Crippen molar-refractivity contribution in [3.8, 4) is 0 Å². The standard InChI is InChI=1S/C27H25F4N5O/c1-16-6-7-22-20(14-16)34-23(18-8-12-35(13-9-18)24-17(2)4-3-5-19(24)28)26(37)36(22)15-21-25(27(29,30)31)33-11-10-32-21/h3-7,10-11,14,18H,8-9,12-13,15H2,1-2H3. The lowest BCUT2D eigenvalue weighted by Gasteiger charge is -2.34. The Labute approximate surface area is 210 Å². The number of halogens is 4. The van der Waals surface area contributed by atoms with E-state index >= 15 is 0 Å². The zero-order chi connectivity index (χ0) is 26.3. The van der Waals surface area contributed by atoms with Crippen molar-refractivity contribution in [3.63, 3.8) is 0 Å². The van der Waals surface area contributed by atoms with Crippen molar-refractivity contribution in [1.29, 1.82) is 0 Å². The van der Waals surface area contributed by atoms with E-state index in [4.69, 9.17) is 0 Å². The second kappa shape index (κ2) is 9.57. The summed E-state index contributed by atoms with van der Waals surface area (Å²) < 4.78 is 56.6. The summed E-state index contributed by atoms with van der Waals surface area (Å²) in [6.45, 7) is 4.42. The van der Waals surface area contributed by atoms with Crippen LogP contribution in [-0.2, 0) is 12.7 Å². The number of para-hydroxylation sites is 1. The van der Waals surface area contributed by atoms with Gasteiger partial charge in [-0.3, -0.25) is 14.3 Å². The van der Waals surface area contributed by atoms with Crippen LogP contribution < -0.4 is 10.5 Å². The van der Waals surface area contributed by atoms with Crippen LogP contribution in [0.4, 0.5) is 23.2 Å². The second-order valence-corrected chi connectivity index (χ2v) is 9.40. The van der Waals surface area contributed by atoms with Gasteiger partial charge in [0.05, 0.1) is 29.0 Å². The first-order valence-electron chi connectivity index (χ1n) is 12.0. The molecule has 37 heavy (non-hydrogen) atoms. The van der Waals surface area contributed by atoms with Gasteiger partial charge in [-0.15, -0.1) is 0 Å². The number of rotatable bonds is 4. The molecule has 4 aromatic rings. The summed E-state index contributed by atoms with van der Waals surface area (Å²) in [6.07, 6.45) is -1.41. The molecule has 0 saturated carbocycles. The third-order valence-corrected chi connectivity index (χ3v) is 6.86. The monoisotopic (exact) mass is 511 g/mol. The van der Waals surface area contributed by atoms with E-state index in [2.05, 4.69) is 15.0 Å². The molecular weight excluding hydrogens is 486 g/mol. The molecule has 0 bridgehead atoms. The highest BCUT2D eigenvalue weighted by atomic mass is 19.4. The second-order valence-electron chi connectivity index (χ2n) is 9.40. The van der Waals surface area contributed by atoms with Crippen LogP contribution in [0.1, 0.15) is 47.0 Å². The average molecular weight is 512 g/mol. The van der Waals surface area contributed by atoms with Crippen LogP contribution in [0, 0.1) is 19.7 Å². The molecule has 0 spiro atoms. The summed E-state index contributed by atoms with van der Waals surface area (Å²) in [5.41, 5.74) is 1.67. The fraction of sp³-hybridized carbons (Fsp3) is 0.333. The minimum absolute atomic E-state index is 0.212. The first-order valence-corrected chi connectivity index (χ1v) is 12.0. The third kappa shape index (κ3) is 4.80. The zero-order valence-corrected chi connectivity index (χ0v) is 20.4. The van der Waals surface area contributed by atoms with Gasteiger partial charge in [0, 0.05) is 31.4 Å². The Balaban J connectivity index is 1.53. The number of hydrogen-bond donors (Lipinski definition) is 0. The minimum Gasteiger partial charge on any atom is -0.369 e. The van der Waals surface area contributed by atoms with Gasteiger partial charge >= 0.3 is 6.18 Å². The molecule has 0 unspecified atom stereocenters. The molecule has 2 aromatic carbocycles. The van der Waals surface area contributed by atoms with E-state index in [9.17, 15) is 22.4 Å². The summed E-state index contributed by atoms with van der Waals surface area (Å²) >= 11 is 0. The smallest absolute Gasteiger partial charge is 0.369 e. The van der Waals surface area contributed by atoms with Gasteiger partial charge in [-0.1, -0.05) is 18.2 Å². The van der Waals surface area contributed by atoms with E-state index in [1.807, 2.05) is 30.9 Å². The Morgan fingerprint density at radius 1 is 1.03 bits per heavy atom. The molecule has 1 aliphatic rings. The fourth-order valence-electron chi connectivity index (χ4n) is 5.07. The van der Waals surface area contributed by atoms with Gasteiger partial charge in [-0.25, -0.2) is 14.4 Å². The number of nitrogens with zero attached hydrogens (tertiary/aromatic N) is 5. The van der Waals surface area contributed by atoms with E-state index in [1.54, 1.807) is 18.2 Å². The van der Waals surface area contributed by atoms with Crippen LogP contribution in [-0.4, -0.2) is 32.6 Å². The Morgan fingerprint density at radius 2 is 1.76 bits per heavy atom. The highest BCUT2D eigenvalue weighted by Crippen LogP contribution is 2.33. The summed E-state index contributed by atoms with van der Waals surface area (Å²) in [7, 11) is 0. The number of fused-ring (bicyclic) bond motifs is 1. The first-order chi connectivity index (χ1) is 17.6. The van der Waals surface area contributed by atoms with Crippen molar-refractivity contribution in [2.45, 2.75) is 45.3 Å². The van der Waals surface area contributed by atoms with E-state index in [0.29, 0.717) is 48.3 Å². The molecule has 0 atom stereocenters. The van der Waals surface area contributed by atoms with Crippen molar-refractivity contribution in [2.24, 2.45) is 0 Å². The van der Waals surface area contributed by atoms with Crippen LogP contribution in [0.3, 0.4) is 0 Å². The summed E-state index contributed by atoms with van der Waals surface area (Å²) in [5.74, 6) is -0.500. The molecule has 0 amide bonds. The van der Waals surface area contributed by atoms with E-state index in [1.165, 1.54) is 16.8 Å². The van der Waals surface area contributed by atoms with E-state index < -0.39 is 17.4 Å². The lowest BCUT2D eigenvalue weighted by molar-refractivity contribution is -0.142. The molecule has 192 valence electrons. The maximum atomic E-state index is 14.5. The highest BCUT2D eigenvalue weighted by Gasteiger charge is 2.36. The number of aromatic nitrogens is 4. The Hall–Kier alpha value is -3.82. The van der Waals surface area contributed by atoms with Gasteiger partial charge in [0.1, 0.15) is 11.5 Å². The molecule has 2 aromatic heterocycles. The van der Waals surface area contributed by atoms with Crippen LogP contribution >= 0.6 is 0 Å². The van der Waals surface area contributed by atoms with Gasteiger partial charge in [0.2, 0.25) is 0 Å². The zero-order valence-electron chi connectivity index (χ0n) is 20.4. The van der Waals surface area contributed by atoms with Crippen LogP contribution in [0.5, 0.6) is 0 Å². The van der Waals surface area contributed by atoms with E-state index in [-0.39, 0.29) is 24.0 Å². The molecule has 1 saturated heterocycles. The largest absolute Gasteiger partial charge is 0.435 e. The number of alkyl halides is 3. The Bertz CT molecular complexity index is 1500. The maximum absolute atomic E-state index is 14.5. The number of anilines is 1. The van der Waals surface area contributed by atoms with Crippen molar-refractivity contribution >= 4 is 16.7 Å². The highest BCUT2D eigenvalue weighted by molar-refractivity contribution is 5.76. The van der Waals surface area contributed by atoms with Gasteiger partial charge in [0.15, 0.2) is 5.69 Å². The lowest BCUT2D eigenvalue weighted by atomic mass is 9.92. The van der Waals surface area contributed by atoms with Crippen molar-refractivity contribution in [1.82, 2.24) is 19.5 Å². The van der Waals surface area contributed by atoms with Crippen LogP contribution in [0.25, 0.3) is 11.0 Å². The fourth-order valence-corrected chi connectivity index (χ4v) is 5.07. The molecule has 1 aliphatic heterocycles. The minimum atomic E-state index is -4.70. The maximum Gasteiger partial charge on any atom is 0.435 e. The van der Waals surface area contributed by atoms with Crippen LogP contribution in [0.2, 0.25) is 0 Å². The molecule has 6 nitrogen and oxygen atoms in total. The topological polar surface area (TPSA) is 63.9 Å². The number of aryl methyl sites for hydroxylation is 2. The molecule has 0 N–H and O–H groups in total. The average Bonchev–Trinajstić information content (AvgIpc) is 2.85. The molecule has 0 radical (unpaired) electrons. The Kier molecular flexibility index (Phi) is 6.43. The lowest BCUT2D eigenvalue weighted by Crippen LogP contribution is -2.37. The molecule has 1 fully saturated rings. The molecule has 5 rings (SSSR count). The Morgan fingerprint density at radius 3 is 2.46 bits per heavy atom. The summed E-state index contributed by atoms with van der Waals surface area (Å²) in [4.78, 5) is 27.7. The first kappa shape index (κ1) is 24.9. The van der Waals surface area contributed by atoms with Gasteiger partial charge in [-0.2, -0.15) is 13.2 Å². The molecule has 3 heterocycles. The van der Waals surface area contributed by atoms with Gasteiger partial charge < -0.3 is 4.90 Å². The number of piperidine rings is 1. The predicted octanol–water partition coefficient (Wildman–Crippen LogP) is 5.39. The summed E-state index contributed by atoms with van der Waals surface area (Å²) in [6, 6.07) is 10.3. The predicted molar refractivity (Wildman–Crippen MR) is 132 cm³/mol. The van der Waals surface area contributed by atoms with Crippen LogP contribution in [0.15, 0.2) is 53.6 Å². The number of benzene rings is 2. The van der Waals surface area contributed by atoms with Crippen molar-refractivity contribution in [3.05, 3.63) is 93.2 Å². The summed E-state index contributed by atoms with van der Waals surface area (Å²) in [5, 5.41) is 0. The van der Waals surface area contributed by atoms with Crippen molar-refractivity contribution < 1.29 is 17.6 Å². The third-order valence-electron chi connectivity index (χ3n) is 6.86. The van der Waals surface area contributed by atoms with Crippen molar-refractivity contribution in [2.75, 3.05) is 18.0 Å². The van der Waals surface area contributed by atoms with E-state index in [0.717, 1.165) is 17.3 Å². The molecule has 0 aliphatic carbocycles. The van der Waals surface area contributed by atoms with Gasteiger partial charge in [-0.05, 0) is 56.0 Å². The molecule has 10 heteroatoms. The molecular formula is C27H25F4N5O. The SMILES string of the molecule is Cc1ccc2c(c1)nc(C1CCN(c3c(C)cccc3F)CC1)c(=O)n2Cc1nccnc1C(F)(F)F.